The van der Waals surface area contributed by atoms with Crippen molar-refractivity contribution in [2.75, 3.05) is 6.61 Å². The van der Waals surface area contributed by atoms with E-state index in [0.717, 1.165) is 41.0 Å². The van der Waals surface area contributed by atoms with Gasteiger partial charge >= 0.3 is 18.2 Å². The van der Waals surface area contributed by atoms with E-state index >= 15 is 0 Å². The number of nitrogens with one attached hydrogen (secondary N) is 1. The van der Waals surface area contributed by atoms with Gasteiger partial charge in [-0.3, -0.25) is 4.79 Å². The van der Waals surface area contributed by atoms with Crippen LogP contribution in [0.2, 0.25) is 0 Å². The number of cyclic esters (lactones) is 1. The molecule has 0 aliphatic carbocycles. The smallest absolute Gasteiger partial charge is 0.429 e. The summed E-state index contributed by atoms with van der Waals surface area (Å²) in [6.45, 7) is 1.21. The minimum Gasteiger partial charge on any atom is -0.460 e. The van der Waals surface area contributed by atoms with Gasteiger partial charge in [0.05, 0.1) is 12.6 Å². The number of hydrogen-bond acceptors (Lipinski definition) is 7. The Kier molecular flexibility index (Phi) is 12.2. The van der Waals surface area contributed by atoms with Crippen molar-refractivity contribution in [3.8, 4) is 0 Å². The molecule has 3 aromatic rings. The third-order valence-corrected chi connectivity index (χ3v) is 6.90. The molecule has 0 radical (unpaired) electrons. The van der Waals surface area contributed by atoms with Crippen molar-refractivity contribution in [1.29, 1.82) is 0 Å². The zero-order valence-corrected chi connectivity index (χ0v) is 23.7. The van der Waals surface area contributed by atoms with E-state index in [1.165, 1.54) is 0 Å². The molecular weight excluding hydrogens is 536 g/mol. The van der Waals surface area contributed by atoms with Gasteiger partial charge in [0.25, 0.3) is 0 Å². The van der Waals surface area contributed by atoms with E-state index in [1.807, 2.05) is 91.0 Å². The predicted octanol–water partition coefficient (Wildman–Crippen LogP) is 6.32. The molecule has 42 heavy (non-hydrogen) atoms. The summed E-state index contributed by atoms with van der Waals surface area (Å²) >= 11 is 0. The molecule has 4 rings (SSSR count). The maximum atomic E-state index is 13.4. The second-order valence-electron chi connectivity index (χ2n) is 10.1. The first-order chi connectivity index (χ1) is 20.6. The number of nitrogens with zero attached hydrogens (tertiary/aromatic N) is 1. The topological polar surface area (TPSA) is 103 Å². The first-order valence-electron chi connectivity index (χ1n) is 14.4. The van der Waals surface area contributed by atoms with Crippen molar-refractivity contribution >= 4 is 18.2 Å². The lowest BCUT2D eigenvalue weighted by Crippen LogP contribution is -2.56. The molecule has 1 saturated heterocycles. The maximum Gasteiger partial charge on any atom is 0.429 e. The minimum atomic E-state index is -0.806. The van der Waals surface area contributed by atoms with Crippen molar-refractivity contribution in [2.24, 2.45) is 0 Å². The van der Waals surface area contributed by atoms with Crippen LogP contribution in [0.5, 0.6) is 0 Å². The molecule has 1 fully saturated rings. The Labute approximate surface area is 246 Å². The zero-order chi connectivity index (χ0) is 29.4. The number of amides is 2. The van der Waals surface area contributed by atoms with Crippen LogP contribution in [0.3, 0.4) is 0 Å². The van der Waals surface area contributed by atoms with Gasteiger partial charge in [0.2, 0.25) is 0 Å². The first kappa shape index (κ1) is 30.6. The Morgan fingerprint density at radius 2 is 1.36 bits per heavy atom. The lowest BCUT2D eigenvalue weighted by atomic mass is 10.0. The van der Waals surface area contributed by atoms with E-state index in [0.29, 0.717) is 26.1 Å². The molecule has 9 heteroatoms. The highest BCUT2D eigenvalue weighted by molar-refractivity contribution is 5.75. The molecule has 1 aliphatic heterocycles. The summed E-state index contributed by atoms with van der Waals surface area (Å²) in [6, 6.07) is 27.9. The van der Waals surface area contributed by atoms with Gasteiger partial charge in [0, 0.05) is 13.0 Å². The maximum absolute atomic E-state index is 13.4. The van der Waals surface area contributed by atoms with Crippen LogP contribution in [0, 0.1) is 0 Å². The Balaban J connectivity index is 1.37. The molecule has 1 aliphatic rings. The molecule has 2 atom stereocenters. The van der Waals surface area contributed by atoms with Gasteiger partial charge in [-0.1, -0.05) is 104 Å². The monoisotopic (exact) mass is 574 g/mol. The fourth-order valence-electron chi connectivity index (χ4n) is 4.70. The van der Waals surface area contributed by atoms with Gasteiger partial charge in [0.15, 0.2) is 0 Å². The van der Waals surface area contributed by atoms with Gasteiger partial charge < -0.3 is 18.9 Å². The van der Waals surface area contributed by atoms with Crippen molar-refractivity contribution < 1.29 is 33.3 Å². The van der Waals surface area contributed by atoms with Crippen LogP contribution in [0.1, 0.15) is 55.2 Å². The zero-order valence-electron chi connectivity index (χ0n) is 23.7. The molecule has 2 amide bonds. The number of carbonyl (C=O) groups is 3. The van der Waals surface area contributed by atoms with Crippen LogP contribution in [-0.4, -0.2) is 41.9 Å². The summed E-state index contributed by atoms with van der Waals surface area (Å²) in [4.78, 5) is 38.3. The Hall–Kier alpha value is -4.37. The fraction of sp³-hybridized carbons (Fsp3) is 0.364. The van der Waals surface area contributed by atoms with Gasteiger partial charge in [-0.05, 0) is 36.0 Å². The average Bonchev–Trinajstić information content (AvgIpc) is 3.46. The normalized spacial score (nSPS) is 15.0. The van der Waals surface area contributed by atoms with E-state index in [-0.39, 0.29) is 25.6 Å². The number of hydrogen-bond donors (Lipinski definition) is 1. The highest BCUT2D eigenvalue weighted by Gasteiger charge is 2.39. The summed E-state index contributed by atoms with van der Waals surface area (Å²) in [5, 5.41) is 1.13. The van der Waals surface area contributed by atoms with Crippen LogP contribution < -0.4 is 5.43 Å². The van der Waals surface area contributed by atoms with E-state index in [9.17, 15) is 14.4 Å². The van der Waals surface area contributed by atoms with Crippen molar-refractivity contribution in [2.45, 2.75) is 70.5 Å². The lowest BCUT2D eigenvalue weighted by Gasteiger charge is -2.33. The molecule has 0 saturated carbocycles. The van der Waals surface area contributed by atoms with Crippen LogP contribution in [0.15, 0.2) is 91.0 Å². The number of unbranched alkanes of at least 4 members (excludes halogenated alkanes) is 2. The highest BCUT2D eigenvalue weighted by atomic mass is 16.6. The summed E-state index contributed by atoms with van der Waals surface area (Å²) < 4.78 is 22.3. The Bertz CT molecular complexity index is 1240. The molecule has 3 aromatic carbocycles. The number of hydrazine groups is 1. The second-order valence-corrected chi connectivity index (χ2v) is 10.1. The predicted molar refractivity (Wildman–Crippen MR) is 156 cm³/mol. The van der Waals surface area contributed by atoms with Gasteiger partial charge in [-0.25, -0.2) is 20.0 Å². The fourth-order valence-corrected chi connectivity index (χ4v) is 4.70. The molecule has 0 aromatic heterocycles. The number of esters is 1. The Morgan fingerprint density at radius 1 is 0.786 bits per heavy atom. The lowest BCUT2D eigenvalue weighted by molar-refractivity contribution is -0.144. The number of carbonyl (C=O) groups excluding carboxylic acids is 3. The van der Waals surface area contributed by atoms with E-state index in [4.69, 9.17) is 18.9 Å². The standard InChI is InChI=1S/C33H38N2O7/c36-31-21-20-30(42-31)29(19-11-4-12-22-39-23-26-13-5-1-6-14-26)35(33(38)41-25-28-17-9-3-10-18-28)34-32(37)40-24-27-15-7-2-8-16-27/h1-3,5-10,13-18,29-30H,4,11-12,19-25H2,(H,34,37)/t29-,30+/m1/s1. The van der Waals surface area contributed by atoms with Crippen molar-refractivity contribution in [1.82, 2.24) is 10.4 Å². The van der Waals surface area contributed by atoms with E-state index in [2.05, 4.69) is 5.43 Å². The number of benzene rings is 3. The van der Waals surface area contributed by atoms with Crippen LogP contribution in [0.25, 0.3) is 0 Å². The average molecular weight is 575 g/mol. The minimum absolute atomic E-state index is 0.0207. The van der Waals surface area contributed by atoms with Crippen LogP contribution >= 0.6 is 0 Å². The number of ether oxygens (including phenoxy) is 4. The van der Waals surface area contributed by atoms with Gasteiger partial charge in [0.1, 0.15) is 19.3 Å². The SMILES string of the molecule is O=C1CC[C@@H]([C@@H](CCCCCOCc2ccccc2)N(NC(=O)OCc2ccccc2)C(=O)OCc2ccccc2)O1. The molecule has 1 N–H and O–H groups in total. The van der Waals surface area contributed by atoms with Gasteiger partial charge in [-0.2, -0.15) is 0 Å². The molecule has 222 valence electrons. The van der Waals surface area contributed by atoms with E-state index in [1.54, 1.807) is 0 Å². The third-order valence-electron chi connectivity index (χ3n) is 6.90. The Morgan fingerprint density at radius 3 is 1.93 bits per heavy atom. The summed E-state index contributed by atoms with van der Waals surface area (Å²) in [5.41, 5.74) is 5.31. The second kappa shape index (κ2) is 16.8. The molecular formula is C33H38N2O7. The van der Waals surface area contributed by atoms with Crippen LogP contribution in [-0.2, 0) is 43.6 Å². The quantitative estimate of drug-likeness (QED) is 0.104. The molecule has 1 heterocycles. The molecule has 0 unspecified atom stereocenters. The van der Waals surface area contributed by atoms with E-state index < -0.39 is 24.3 Å². The molecule has 9 nitrogen and oxygen atoms in total. The third kappa shape index (κ3) is 10.2. The highest BCUT2D eigenvalue weighted by Crippen LogP contribution is 2.25. The van der Waals surface area contributed by atoms with Crippen molar-refractivity contribution in [3.05, 3.63) is 108 Å². The molecule has 0 spiro atoms. The van der Waals surface area contributed by atoms with Crippen LogP contribution in [0.4, 0.5) is 9.59 Å². The summed E-state index contributed by atoms with van der Waals surface area (Å²) in [7, 11) is 0. The number of rotatable bonds is 14. The molecule has 0 bridgehead atoms. The van der Waals surface area contributed by atoms with Gasteiger partial charge in [-0.15, -0.1) is 0 Å². The summed E-state index contributed by atoms with van der Waals surface area (Å²) in [6.07, 6.45) is 1.41. The largest absolute Gasteiger partial charge is 0.460 e. The van der Waals surface area contributed by atoms with Crippen molar-refractivity contribution in [3.63, 3.8) is 0 Å². The first-order valence-corrected chi connectivity index (χ1v) is 14.4. The summed E-state index contributed by atoms with van der Waals surface area (Å²) in [5.74, 6) is -0.330.